The van der Waals surface area contributed by atoms with Crippen molar-refractivity contribution in [1.82, 2.24) is 5.32 Å². The molecule has 0 amide bonds. The summed E-state index contributed by atoms with van der Waals surface area (Å²) in [6.45, 7) is 5.43. The molecule has 1 N–H and O–H groups in total. The number of hydrogen-bond donors (Lipinski definition) is 1. The zero-order chi connectivity index (χ0) is 12.1. The summed E-state index contributed by atoms with van der Waals surface area (Å²) in [4.78, 5) is 0. The highest BCUT2D eigenvalue weighted by Gasteiger charge is 2.53. The quantitative estimate of drug-likeness (QED) is 0.811. The molecule has 0 spiro atoms. The molecular weight excluding hydrogens is 210 g/mol. The van der Waals surface area contributed by atoms with Crippen LogP contribution in [0.5, 0.6) is 0 Å². The molecule has 0 saturated heterocycles. The first-order chi connectivity index (χ1) is 8.00. The summed E-state index contributed by atoms with van der Waals surface area (Å²) in [6.07, 6.45) is 8.50. The molecule has 4 bridgehead atoms. The maximum atomic E-state index is 6.62. The van der Waals surface area contributed by atoms with E-state index in [2.05, 4.69) is 19.2 Å². The van der Waals surface area contributed by atoms with Crippen LogP contribution in [0.15, 0.2) is 0 Å². The lowest BCUT2D eigenvalue weighted by Gasteiger charge is -2.58. The van der Waals surface area contributed by atoms with Crippen LogP contribution < -0.4 is 5.32 Å². The SMILES string of the molecule is CNCC(C)(C)OC12CC3CC(CC(C3)C1)C2. The van der Waals surface area contributed by atoms with Crippen LogP contribution in [0.2, 0.25) is 0 Å². The zero-order valence-corrected chi connectivity index (χ0v) is 11.6. The van der Waals surface area contributed by atoms with Gasteiger partial charge < -0.3 is 10.1 Å². The zero-order valence-electron chi connectivity index (χ0n) is 11.6. The normalized spacial score (nSPS) is 44.3. The second-order valence-electron chi connectivity index (χ2n) is 7.49. The van der Waals surface area contributed by atoms with Crippen molar-refractivity contribution < 1.29 is 4.74 Å². The van der Waals surface area contributed by atoms with Gasteiger partial charge in [0.1, 0.15) is 0 Å². The molecule has 0 aliphatic heterocycles. The lowest BCUT2D eigenvalue weighted by Crippen LogP contribution is -2.56. The largest absolute Gasteiger partial charge is 0.368 e. The van der Waals surface area contributed by atoms with E-state index >= 15 is 0 Å². The van der Waals surface area contributed by atoms with E-state index in [4.69, 9.17) is 4.74 Å². The molecule has 0 heterocycles. The molecule has 0 aromatic carbocycles. The lowest BCUT2D eigenvalue weighted by atomic mass is 9.54. The topological polar surface area (TPSA) is 21.3 Å². The van der Waals surface area contributed by atoms with Crippen LogP contribution in [0.3, 0.4) is 0 Å². The third-order valence-electron chi connectivity index (χ3n) is 5.08. The number of rotatable bonds is 4. The van der Waals surface area contributed by atoms with Gasteiger partial charge in [-0.15, -0.1) is 0 Å². The van der Waals surface area contributed by atoms with Crippen molar-refractivity contribution in [2.75, 3.05) is 13.6 Å². The third-order valence-corrected chi connectivity index (χ3v) is 5.08. The Kier molecular flexibility index (Phi) is 2.79. The molecule has 2 nitrogen and oxygen atoms in total. The van der Waals surface area contributed by atoms with E-state index < -0.39 is 0 Å². The number of nitrogens with one attached hydrogen (secondary N) is 1. The van der Waals surface area contributed by atoms with Crippen molar-refractivity contribution in [3.63, 3.8) is 0 Å². The lowest BCUT2D eigenvalue weighted by molar-refractivity contribution is -0.213. The summed E-state index contributed by atoms with van der Waals surface area (Å²) in [5, 5.41) is 3.27. The Bertz CT molecular complexity index is 262. The van der Waals surface area contributed by atoms with E-state index in [1.807, 2.05) is 7.05 Å². The van der Waals surface area contributed by atoms with E-state index in [1.54, 1.807) is 0 Å². The average Bonchev–Trinajstić information content (AvgIpc) is 2.11. The minimum Gasteiger partial charge on any atom is -0.368 e. The van der Waals surface area contributed by atoms with Crippen LogP contribution in [-0.2, 0) is 4.74 Å². The maximum Gasteiger partial charge on any atom is 0.0757 e. The molecule has 98 valence electrons. The maximum absolute atomic E-state index is 6.62. The van der Waals surface area contributed by atoms with E-state index in [0.29, 0.717) is 0 Å². The molecule has 17 heavy (non-hydrogen) atoms. The van der Waals surface area contributed by atoms with Gasteiger partial charge in [0.05, 0.1) is 11.2 Å². The molecule has 4 saturated carbocycles. The molecule has 0 atom stereocenters. The average molecular weight is 237 g/mol. The van der Waals surface area contributed by atoms with Crippen LogP contribution in [-0.4, -0.2) is 24.8 Å². The van der Waals surface area contributed by atoms with E-state index in [1.165, 1.54) is 38.5 Å². The predicted molar refractivity (Wildman–Crippen MR) is 70.0 cm³/mol. The Morgan fingerprint density at radius 2 is 1.53 bits per heavy atom. The summed E-state index contributed by atoms with van der Waals surface area (Å²) in [6, 6.07) is 0. The Balaban J connectivity index is 1.74. The van der Waals surface area contributed by atoms with Gasteiger partial charge in [-0.2, -0.15) is 0 Å². The summed E-state index contributed by atoms with van der Waals surface area (Å²) in [5.74, 6) is 2.94. The van der Waals surface area contributed by atoms with Gasteiger partial charge >= 0.3 is 0 Å². The molecule has 4 fully saturated rings. The summed E-state index contributed by atoms with van der Waals surface area (Å²) in [5.41, 5.74) is 0.232. The van der Waals surface area contributed by atoms with Crippen molar-refractivity contribution in [1.29, 1.82) is 0 Å². The van der Waals surface area contributed by atoms with E-state index in [0.717, 1.165) is 24.3 Å². The van der Waals surface area contributed by atoms with Crippen molar-refractivity contribution >= 4 is 0 Å². The number of hydrogen-bond acceptors (Lipinski definition) is 2. The van der Waals surface area contributed by atoms with Crippen LogP contribution in [0.25, 0.3) is 0 Å². The number of ether oxygens (including phenoxy) is 1. The van der Waals surface area contributed by atoms with Crippen molar-refractivity contribution in [2.24, 2.45) is 17.8 Å². The number of likely N-dealkylation sites (N-methyl/N-ethyl adjacent to an activating group) is 1. The molecule has 2 heteroatoms. The highest BCUT2D eigenvalue weighted by Crippen LogP contribution is 2.57. The van der Waals surface area contributed by atoms with Gasteiger partial charge in [0.2, 0.25) is 0 Å². The minimum atomic E-state index is -0.0135. The summed E-state index contributed by atoms with van der Waals surface area (Å²) < 4.78 is 6.62. The van der Waals surface area contributed by atoms with Gasteiger partial charge in [-0.25, -0.2) is 0 Å². The fraction of sp³-hybridized carbons (Fsp3) is 1.00. The molecule has 4 aliphatic rings. The molecule has 0 unspecified atom stereocenters. The molecule has 0 radical (unpaired) electrons. The second-order valence-corrected chi connectivity index (χ2v) is 7.49. The molecule has 4 aliphatic carbocycles. The first-order valence-electron chi connectivity index (χ1n) is 7.35. The first kappa shape index (κ1) is 12.0. The van der Waals surface area contributed by atoms with E-state index in [-0.39, 0.29) is 11.2 Å². The summed E-state index contributed by atoms with van der Waals surface area (Å²) >= 11 is 0. The van der Waals surface area contributed by atoms with Crippen LogP contribution >= 0.6 is 0 Å². The molecule has 4 rings (SSSR count). The highest BCUT2D eigenvalue weighted by molar-refractivity contribution is 5.04. The van der Waals surface area contributed by atoms with Crippen LogP contribution in [0.1, 0.15) is 52.4 Å². The minimum absolute atomic E-state index is 0.0135. The van der Waals surface area contributed by atoms with Gasteiger partial charge in [0.15, 0.2) is 0 Å². The standard InChI is InChI=1S/C15H27NO/c1-14(2,10-16-3)17-15-7-11-4-12(8-15)6-13(5-11)9-15/h11-13,16H,4-10H2,1-3H3. The molecule has 0 aromatic rings. The summed E-state index contributed by atoms with van der Waals surface area (Å²) in [7, 11) is 2.02. The Morgan fingerprint density at radius 3 is 1.94 bits per heavy atom. The van der Waals surface area contributed by atoms with Crippen molar-refractivity contribution in [3.05, 3.63) is 0 Å². The second kappa shape index (κ2) is 3.96. The van der Waals surface area contributed by atoms with E-state index in [9.17, 15) is 0 Å². The highest BCUT2D eigenvalue weighted by atomic mass is 16.5. The van der Waals surface area contributed by atoms with Gasteiger partial charge in [0, 0.05) is 6.54 Å². The Hall–Kier alpha value is -0.0800. The third kappa shape index (κ3) is 2.26. The molecule has 0 aromatic heterocycles. The van der Waals surface area contributed by atoms with Gasteiger partial charge in [0.25, 0.3) is 0 Å². The monoisotopic (exact) mass is 237 g/mol. The fourth-order valence-corrected chi connectivity index (χ4v) is 5.20. The van der Waals surface area contributed by atoms with Crippen LogP contribution in [0, 0.1) is 17.8 Å². The van der Waals surface area contributed by atoms with Crippen molar-refractivity contribution in [3.8, 4) is 0 Å². The van der Waals surface area contributed by atoms with Gasteiger partial charge in [-0.1, -0.05) is 0 Å². The van der Waals surface area contributed by atoms with Gasteiger partial charge in [-0.3, -0.25) is 0 Å². The van der Waals surface area contributed by atoms with Crippen molar-refractivity contribution in [2.45, 2.75) is 63.6 Å². The molecular formula is C15H27NO. The Labute approximate surface area is 105 Å². The fourth-order valence-electron chi connectivity index (χ4n) is 5.20. The Morgan fingerprint density at radius 1 is 1.06 bits per heavy atom. The van der Waals surface area contributed by atoms with Gasteiger partial charge in [-0.05, 0) is 77.2 Å². The van der Waals surface area contributed by atoms with Crippen LogP contribution in [0.4, 0.5) is 0 Å². The smallest absolute Gasteiger partial charge is 0.0757 e. The predicted octanol–water partition coefficient (Wildman–Crippen LogP) is 2.97. The first-order valence-corrected chi connectivity index (χ1v) is 7.35.